The minimum Gasteiger partial charge on any atom is -0.441 e. The first-order chi connectivity index (χ1) is 15.4. The fourth-order valence-corrected chi connectivity index (χ4v) is 4.66. The molecule has 1 atom stereocenters. The number of fused-ring (bicyclic) bond motifs is 1. The molecule has 1 unspecified atom stereocenters. The molecular weight excluding hydrogens is 452 g/mol. The highest BCUT2D eigenvalue weighted by Gasteiger charge is 2.33. The predicted molar refractivity (Wildman–Crippen MR) is 122 cm³/mol. The van der Waals surface area contributed by atoms with E-state index in [9.17, 15) is 17.8 Å². The van der Waals surface area contributed by atoms with Crippen LogP contribution in [0.3, 0.4) is 0 Å². The number of pyridine rings is 1. The molecule has 0 saturated carbocycles. The molecule has 8 nitrogen and oxygen atoms in total. The molecule has 1 aliphatic rings. The SMILES string of the molecule is Cc1nc2c(C)c(C(=O)Nc3ccnc(S(C)(=N)=O)c3)c(N3CCCC(F)(F)CC3)cc2o1. The van der Waals surface area contributed by atoms with Gasteiger partial charge in [0.15, 0.2) is 11.5 Å². The van der Waals surface area contributed by atoms with E-state index >= 15 is 0 Å². The van der Waals surface area contributed by atoms with Crippen LogP contribution in [-0.4, -0.2) is 45.4 Å². The van der Waals surface area contributed by atoms with Crippen molar-refractivity contribution < 1.29 is 22.2 Å². The Morgan fingerprint density at radius 2 is 2.03 bits per heavy atom. The van der Waals surface area contributed by atoms with E-state index in [0.717, 1.165) is 0 Å². The Hall–Kier alpha value is -3.08. The lowest BCUT2D eigenvalue weighted by Gasteiger charge is -2.26. The summed E-state index contributed by atoms with van der Waals surface area (Å²) in [5.41, 5.74) is 2.72. The first-order valence-corrected chi connectivity index (χ1v) is 12.5. The van der Waals surface area contributed by atoms with Crippen molar-refractivity contribution in [2.24, 2.45) is 0 Å². The number of benzene rings is 1. The number of nitrogens with one attached hydrogen (secondary N) is 2. The number of amides is 1. The van der Waals surface area contributed by atoms with Gasteiger partial charge in [-0.15, -0.1) is 0 Å². The molecule has 0 bridgehead atoms. The Kier molecular flexibility index (Phi) is 5.85. The second-order valence-electron chi connectivity index (χ2n) is 8.35. The van der Waals surface area contributed by atoms with E-state index in [1.807, 2.05) is 0 Å². The number of anilines is 2. The zero-order chi connectivity index (χ0) is 24.0. The number of halogens is 2. The Bertz CT molecular complexity index is 1340. The second-order valence-corrected chi connectivity index (χ2v) is 10.5. The van der Waals surface area contributed by atoms with Crippen molar-refractivity contribution in [3.05, 3.63) is 41.4 Å². The molecule has 0 radical (unpaired) electrons. The van der Waals surface area contributed by atoms with Crippen LogP contribution < -0.4 is 10.2 Å². The van der Waals surface area contributed by atoms with Gasteiger partial charge in [-0.1, -0.05) is 0 Å². The molecule has 0 spiro atoms. The van der Waals surface area contributed by atoms with Gasteiger partial charge in [-0.25, -0.2) is 27.7 Å². The third kappa shape index (κ3) is 4.82. The third-order valence-electron chi connectivity index (χ3n) is 5.69. The molecule has 1 saturated heterocycles. The number of alkyl halides is 2. The minimum atomic E-state index is -3.06. The van der Waals surface area contributed by atoms with Gasteiger partial charge in [0.25, 0.3) is 5.91 Å². The predicted octanol–water partition coefficient (Wildman–Crippen LogP) is 4.75. The van der Waals surface area contributed by atoms with E-state index in [1.54, 1.807) is 24.8 Å². The number of aryl methyl sites for hydroxylation is 2. The Labute approximate surface area is 190 Å². The lowest BCUT2D eigenvalue weighted by Crippen LogP contribution is -2.29. The summed E-state index contributed by atoms with van der Waals surface area (Å²) in [6.45, 7) is 3.92. The van der Waals surface area contributed by atoms with Crippen LogP contribution in [0.1, 0.15) is 41.1 Å². The van der Waals surface area contributed by atoms with Crippen molar-refractivity contribution >= 4 is 38.1 Å². The van der Waals surface area contributed by atoms with Gasteiger partial charge in [0.05, 0.1) is 21.0 Å². The van der Waals surface area contributed by atoms with Crippen LogP contribution in [0.4, 0.5) is 20.2 Å². The van der Waals surface area contributed by atoms with Gasteiger partial charge in [-0.05, 0) is 31.0 Å². The number of hydrogen-bond donors (Lipinski definition) is 2. The second kappa shape index (κ2) is 8.36. The summed E-state index contributed by atoms with van der Waals surface area (Å²) in [7, 11) is -3.06. The van der Waals surface area contributed by atoms with E-state index in [1.165, 1.54) is 24.6 Å². The van der Waals surface area contributed by atoms with E-state index in [-0.39, 0.29) is 24.4 Å². The average Bonchev–Trinajstić information content (AvgIpc) is 3.00. The number of carbonyl (C=O) groups is 1. The number of rotatable bonds is 4. The van der Waals surface area contributed by atoms with Gasteiger partial charge in [0, 0.05) is 57.1 Å². The van der Waals surface area contributed by atoms with Gasteiger partial charge in [-0.3, -0.25) is 4.79 Å². The molecule has 0 aliphatic carbocycles. The summed E-state index contributed by atoms with van der Waals surface area (Å²) < 4.78 is 53.4. The van der Waals surface area contributed by atoms with Crippen LogP contribution in [0.2, 0.25) is 0 Å². The molecule has 1 aromatic carbocycles. The number of aromatic nitrogens is 2. The Morgan fingerprint density at radius 3 is 2.76 bits per heavy atom. The summed E-state index contributed by atoms with van der Waals surface area (Å²) >= 11 is 0. The van der Waals surface area contributed by atoms with Crippen molar-refractivity contribution in [1.29, 1.82) is 4.78 Å². The van der Waals surface area contributed by atoms with Crippen LogP contribution in [0, 0.1) is 18.6 Å². The zero-order valence-electron chi connectivity index (χ0n) is 18.6. The fourth-order valence-electron chi connectivity index (χ4n) is 4.05. The zero-order valence-corrected chi connectivity index (χ0v) is 19.4. The van der Waals surface area contributed by atoms with Crippen LogP contribution in [0.25, 0.3) is 11.1 Å². The lowest BCUT2D eigenvalue weighted by molar-refractivity contribution is -0.0102. The van der Waals surface area contributed by atoms with E-state index in [4.69, 9.17) is 9.20 Å². The van der Waals surface area contributed by atoms with Gasteiger partial charge in [0.2, 0.25) is 5.92 Å². The normalized spacial score (nSPS) is 18.0. The monoisotopic (exact) mass is 477 g/mol. The molecule has 176 valence electrons. The molecule has 33 heavy (non-hydrogen) atoms. The summed E-state index contributed by atoms with van der Waals surface area (Å²) in [6, 6.07) is 4.61. The molecule has 2 N–H and O–H groups in total. The maximum atomic E-state index is 14.0. The van der Waals surface area contributed by atoms with E-state index in [2.05, 4.69) is 15.3 Å². The maximum absolute atomic E-state index is 14.0. The number of hydrogen-bond acceptors (Lipinski definition) is 7. The van der Waals surface area contributed by atoms with Crippen LogP contribution in [-0.2, 0) is 9.73 Å². The maximum Gasteiger partial charge on any atom is 0.258 e. The molecular formula is C22H25F2N5O3S. The molecule has 11 heteroatoms. The van der Waals surface area contributed by atoms with Crippen molar-refractivity contribution in [3.8, 4) is 0 Å². The topological polar surface area (TPSA) is 112 Å². The van der Waals surface area contributed by atoms with Crippen molar-refractivity contribution in [3.63, 3.8) is 0 Å². The summed E-state index contributed by atoms with van der Waals surface area (Å²) in [4.78, 5) is 23.6. The highest BCUT2D eigenvalue weighted by Crippen LogP contribution is 2.36. The average molecular weight is 478 g/mol. The number of nitrogens with zero attached hydrogens (tertiary/aromatic N) is 3. The third-order valence-corrected chi connectivity index (χ3v) is 6.71. The Balaban J connectivity index is 1.78. The molecule has 1 fully saturated rings. The van der Waals surface area contributed by atoms with E-state index < -0.39 is 21.6 Å². The lowest BCUT2D eigenvalue weighted by atomic mass is 10.0. The van der Waals surface area contributed by atoms with Crippen LogP contribution in [0.5, 0.6) is 0 Å². The first-order valence-electron chi connectivity index (χ1n) is 10.5. The molecule has 1 amide bonds. The van der Waals surface area contributed by atoms with Gasteiger partial charge in [0.1, 0.15) is 10.5 Å². The smallest absolute Gasteiger partial charge is 0.258 e. The highest BCUT2D eigenvalue weighted by atomic mass is 32.2. The van der Waals surface area contributed by atoms with Crippen molar-refractivity contribution in [2.75, 3.05) is 29.6 Å². The molecule has 4 rings (SSSR count). The molecule has 3 heterocycles. The van der Waals surface area contributed by atoms with Gasteiger partial charge < -0.3 is 14.6 Å². The van der Waals surface area contributed by atoms with Gasteiger partial charge in [-0.2, -0.15) is 0 Å². The Morgan fingerprint density at radius 1 is 1.27 bits per heavy atom. The summed E-state index contributed by atoms with van der Waals surface area (Å²) in [6.07, 6.45) is 2.42. The van der Waals surface area contributed by atoms with Gasteiger partial charge >= 0.3 is 0 Å². The first kappa shape index (κ1) is 23.1. The number of carbonyl (C=O) groups excluding carboxylic acids is 1. The van der Waals surface area contributed by atoms with Crippen molar-refractivity contribution in [1.82, 2.24) is 9.97 Å². The van der Waals surface area contributed by atoms with E-state index in [0.29, 0.717) is 52.5 Å². The van der Waals surface area contributed by atoms with Crippen molar-refractivity contribution in [2.45, 2.75) is 44.1 Å². The largest absolute Gasteiger partial charge is 0.441 e. The number of oxazole rings is 1. The molecule has 3 aromatic rings. The summed E-state index contributed by atoms with van der Waals surface area (Å²) in [5.74, 6) is -2.77. The quantitative estimate of drug-likeness (QED) is 0.561. The molecule has 1 aliphatic heterocycles. The minimum absolute atomic E-state index is 0.0505. The van der Waals surface area contributed by atoms with Crippen LogP contribution >= 0.6 is 0 Å². The summed E-state index contributed by atoms with van der Waals surface area (Å²) in [5, 5.41) is 2.82. The molecule has 2 aromatic heterocycles. The van der Waals surface area contributed by atoms with Crippen LogP contribution in [0.15, 0.2) is 33.8 Å². The standard InChI is InChI=1S/C22H25F2N5O3S/c1-13-19(21(30)28-15-5-8-26-18(11-15)33(3,25)31)16(12-17-20(13)27-14(2)32-17)29-9-4-6-22(23,24)7-10-29/h5,8,11-12,25H,4,6-7,9-10H2,1-3H3,(H,26,28,30). The highest BCUT2D eigenvalue weighted by molar-refractivity contribution is 7.91. The fraction of sp³-hybridized carbons (Fsp3) is 0.409.